The number of hydrogen-bond donors (Lipinski definition) is 1. The van der Waals surface area contributed by atoms with Gasteiger partial charge in [0.2, 0.25) is 0 Å². The van der Waals surface area contributed by atoms with E-state index in [0.717, 1.165) is 30.0 Å². The Kier molecular flexibility index (Phi) is 6.80. The van der Waals surface area contributed by atoms with Gasteiger partial charge in [-0.25, -0.2) is 0 Å². The normalized spacial score (nSPS) is 12.4. The van der Waals surface area contributed by atoms with Crippen molar-refractivity contribution in [1.29, 1.82) is 0 Å². The maximum atomic E-state index is 6.37. The van der Waals surface area contributed by atoms with Gasteiger partial charge >= 0.3 is 0 Å². The molecule has 1 N–H and O–H groups in total. The van der Waals surface area contributed by atoms with Crippen molar-refractivity contribution >= 4 is 45.8 Å². The van der Waals surface area contributed by atoms with Crippen LogP contribution in [0.2, 0.25) is 10.0 Å². The third-order valence-electron chi connectivity index (χ3n) is 3.33. The van der Waals surface area contributed by atoms with E-state index in [1.54, 1.807) is 0 Å². The Bertz CT molecular complexity index is 584. The highest BCUT2D eigenvalue weighted by molar-refractivity contribution is 14.1. The van der Waals surface area contributed by atoms with Crippen LogP contribution in [0.15, 0.2) is 42.5 Å². The Morgan fingerprint density at radius 2 is 1.81 bits per heavy atom. The lowest BCUT2D eigenvalue weighted by atomic mass is 9.98. The van der Waals surface area contributed by atoms with Gasteiger partial charge in [-0.2, -0.15) is 0 Å². The van der Waals surface area contributed by atoms with Gasteiger partial charge in [-0.1, -0.05) is 48.3 Å². The average Bonchev–Trinajstić information content (AvgIpc) is 2.46. The molecule has 0 saturated carbocycles. The van der Waals surface area contributed by atoms with Crippen LogP contribution in [0.3, 0.4) is 0 Å². The summed E-state index contributed by atoms with van der Waals surface area (Å²) in [4.78, 5) is 0. The Hall–Kier alpha value is -0.290. The van der Waals surface area contributed by atoms with Gasteiger partial charge in [-0.3, -0.25) is 0 Å². The zero-order valence-corrected chi connectivity index (χ0v) is 15.5. The first-order valence-corrected chi connectivity index (χ1v) is 8.86. The molecule has 4 heteroatoms. The fraction of sp³-hybridized carbons (Fsp3) is 0.294. The predicted molar refractivity (Wildman–Crippen MR) is 100 cm³/mol. The molecule has 0 radical (unpaired) electrons. The van der Waals surface area contributed by atoms with Gasteiger partial charge in [-0.15, -0.1) is 0 Å². The van der Waals surface area contributed by atoms with E-state index in [1.807, 2.05) is 18.2 Å². The second kappa shape index (κ2) is 8.37. The number of nitrogens with one attached hydrogen (secondary N) is 1. The van der Waals surface area contributed by atoms with Crippen LogP contribution in [0.4, 0.5) is 0 Å². The second-order valence-corrected chi connectivity index (χ2v) is 7.09. The summed E-state index contributed by atoms with van der Waals surface area (Å²) in [6.45, 7) is 3.13. The van der Waals surface area contributed by atoms with E-state index in [4.69, 9.17) is 23.2 Å². The van der Waals surface area contributed by atoms with Crippen LogP contribution in [0.5, 0.6) is 0 Å². The Balaban J connectivity index is 2.22. The Morgan fingerprint density at radius 3 is 2.43 bits per heavy atom. The number of hydrogen-bond acceptors (Lipinski definition) is 1. The first-order valence-electron chi connectivity index (χ1n) is 7.03. The molecule has 0 bridgehead atoms. The molecule has 0 saturated heterocycles. The van der Waals surface area contributed by atoms with Crippen LogP contribution in [-0.4, -0.2) is 6.54 Å². The minimum atomic E-state index is 0.203. The van der Waals surface area contributed by atoms with E-state index in [-0.39, 0.29) is 6.04 Å². The van der Waals surface area contributed by atoms with Gasteiger partial charge in [0, 0.05) is 19.7 Å². The van der Waals surface area contributed by atoms with E-state index in [0.29, 0.717) is 5.02 Å². The van der Waals surface area contributed by atoms with Crippen LogP contribution < -0.4 is 5.32 Å². The fourth-order valence-electron chi connectivity index (χ4n) is 2.25. The Labute approximate surface area is 150 Å². The molecule has 0 amide bonds. The van der Waals surface area contributed by atoms with Gasteiger partial charge in [0.25, 0.3) is 0 Å². The highest BCUT2D eigenvalue weighted by Crippen LogP contribution is 2.28. The third kappa shape index (κ3) is 5.13. The minimum Gasteiger partial charge on any atom is -0.310 e. The number of halogens is 3. The molecular formula is C17H18Cl2IN. The van der Waals surface area contributed by atoms with Crippen molar-refractivity contribution < 1.29 is 0 Å². The summed E-state index contributed by atoms with van der Waals surface area (Å²) in [5.74, 6) is 0. The van der Waals surface area contributed by atoms with Gasteiger partial charge in [-0.05, 0) is 77.4 Å². The first-order chi connectivity index (χ1) is 10.1. The third-order valence-corrected chi connectivity index (χ3v) is 4.61. The molecule has 1 atom stereocenters. The van der Waals surface area contributed by atoms with Crippen LogP contribution in [0, 0.1) is 3.57 Å². The standard InChI is InChI=1S/C17H18Cl2IN/c1-2-9-21-17(10-12-3-6-14(20)7-4-12)15-8-5-13(18)11-16(15)19/h3-8,11,17,21H,2,9-10H2,1H3. The summed E-state index contributed by atoms with van der Waals surface area (Å²) in [5.41, 5.74) is 2.41. The van der Waals surface area contributed by atoms with Crippen LogP contribution in [0.1, 0.15) is 30.5 Å². The van der Waals surface area contributed by atoms with Gasteiger partial charge < -0.3 is 5.32 Å². The molecule has 112 valence electrons. The number of rotatable bonds is 6. The van der Waals surface area contributed by atoms with Gasteiger partial charge in [0.05, 0.1) is 0 Å². The largest absolute Gasteiger partial charge is 0.310 e. The maximum absolute atomic E-state index is 6.37. The summed E-state index contributed by atoms with van der Waals surface area (Å²) >= 11 is 14.7. The smallest absolute Gasteiger partial charge is 0.0468 e. The summed E-state index contributed by atoms with van der Waals surface area (Å²) in [6, 6.07) is 14.6. The molecule has 21 heavy (non-hydrogen) atoms. The van der Waals surface area contributed by atoms with Crippen molar-refractivity contribution in [2.75, 3.05) is 6.54 Å². The molecule has 0 heterocycles. The molecule has 0 spiro atoms. The van der Waals surface area contributed by atoms with E-state index in [2.05, 4.69) is 59.1 Å². The monoisotopic (exact) mass is 433 g/mol. The molecule has 0 fully saturated rings. The number of benzene rings is 2. The fourth-order valence-corrected chi connectivity index (χ4v) is 3.15. The molecule has 2 rings (SSSR count). The summed E-state index contributed by atoms with van der Waals surface area (Å²) in [6.07, 6.45) is 2.01. The molecular weight excluding hydrogens is 416 g/mol. The lowest BCUT2D eigenvalue weighted by Gasteiger charge is -2.20. The van der Waals surface area contributed by atoms with Crippen molar-refractivity contribution in [3.63, 3.8) is 0 Å². The maximum Gasteiger partial charge on any atom is 0.0468 e. The summed E-state index contributed by atoms with van der Waals surface area (Å²) in [5, 5.41) is 4.98. The molecule has 0 aliphatic heterocycles. The highest BCUT2D eigenvalue weighted by Gasteiger charge is 2.15. The minimum absolute atomic E-state index is 0.203. The Morgan fingerprint density at radius 1 is 1.10 bits per heavy atom. The molecule has 1 nitrogen and oxygen atoms in total. The van der Waals surface area contributed by atoms with E-state index >= 15 is 0 Å². The predicted octanol–water partition coefficient (Wildman–Crippen LogP) is 5.88. The lowest BCUT2D eigenvalue weighted by Crippen LogP contribution is -2.24. The van der Waals surface area contributed by atoms with Crippen molar-refractivity contribution in [2.24, 2.45) is 0 Å². The lowest BCUT2D eigenvalue weighted by molar-refractivity contribution is 0.529. The average molecular weight is 434 g/mol. The highest BCUT2D eigenvalue weighted by atomic mass is 127. The van der Waals surface area contributed by atoms with E-state index in [9.17, 15) is 0 Å². The van der Waals surface area contributed by atoms with Crippen molar-refractivity contribution in [3.05, 3.63) is 67.2 Å². The molecule has 2 aromatic rings. The molecule has 0 aromatic heterocycles. The van der Waals surface area contributed by atoms with Crippen molar-refractivity contribution in [3.8, 4) is 0 Å². The van der Waals surface area contributed by atoms with Crippen LogP contribution in [0.25, 0.3) is 0 Å². The topological polar surface area (TPSA) is 12.0 Å². The first kappa shape index (κ1) is 17.1. The zero-order chi connectivity index (χ0) is 15.2. The van der Waals surface area contributed by atoms with Gasteiger partial charge in [0.1, 0.15) is 0 Å². The van der Waals surface area contributed by atoms with E-state index in [1.165, 1.54) is 9.13 Å². The van der Waals surface area contributed by atoms with E-state index < -0.39 is 0 Å². The second-order valence-electron chi connectivity index (χ2n) is 5.00. The SMILES string of the molecule is CCCNC(Cc1ccc(I)cc1)c1ccc(Cl)cc1Cl. The molecule has 2 aromatic carbocycles. The quantitative estimate of drug-likeness (QED) is 0.560. The van der Waals surface area contributed by atoms with Crippen LogP contribution in [-0.2, 0) is 6.42 Å². The van der Waals surface area contributed by atoms with Gasteiger partial charge in [0.15, 0.2) is 0 Å². The molecule has 0 aliphatic rings. The summed E-state index contributed by atoms with van der Waals surface area (Å²) in [7, 11) is 0. The molecule has 0 aliphatic carbocycles. The van der Waals surface area contributed by atoms with Crippen LogP contribution >= 0.6 is 45.8 Å². The zero-order valence-electron chi connectivity index (χ0n) is 11.9. The summed E-state index contributed by atoms with van der Waals surface area (Å²) < 4.78 is 1.25. The van der Waals surface area contributed by atoms with Crippen molar-refractivity contribution in [2.45, 2.75) is 25.8 Å². The molecule has 1 unspecified atom stereocenters. The van der Waals surface area contributed by atoms with Crippen molar-refractivity contribution in [1.82, 2.24) is 5.32 Å².